The summed E-state index contributed by atoms with van der Waals surface area (Å²) in [5, 5.41) is 32.3. The lowest BCUT2D eigenvalue weighted by atomic mass is 10.1. The summed E-state index contributed by atoms with van der Waals surface area (Å²) < 4.78 is 23.3. The van der Waals surface area contributed by atoms with Crippen molar-refractivity contribution in [1.82, 2.24) is 5.32 Å². The molecule has 0 saturated carbocycles. The van der Waals surface area contributed by atoms with E-state index in [1.54, 1.807) is 24.3 Å². The summed E-state index contributed by atoms with van der Waals surface area (Å²) in [5.74, 6) is 1.04. The first kappa shape index (κ1) is 29.1. The Morgan fingerprint density at radius 2 is 1.74 bits per heavy atom. The Balaban J connectivity index is 1.69. The van der Waals surface area contributed by atoms with Crippen LogP contribution in [0.2, 0.25) is 0 Å². The molecule has 3 unspecified atom stereocenters. The second-order valence-corrected chi connectivity index (χ2v) is 11.4. The van der Waals surface area contributed by atoms with Crippen molar-refractivity contribution in [3.05, 3.63) is 53.6 Å². The van der Waals surface area contributed by atoms with Crippen LogP contribution in [0, 0.1) is 0 Å². The Morgan fingerprint density at radius 3 is 2.43 bits per heavy atom. The molecule has 3 atom stereocenters. The van der Waals surface area contributed by atoms with Gasteiger partial charge in [-0.3, -0.25) is 4.57 Å². The van der Waals surface area contributed by atoms with Crippen LogP contribution in [0.1, 0.15) is 50.7 Å². The van der Waals surface area contributed by atoms with Crippen LogP contribution in [-0.2, 0) is 17.6 Å². The van der Waals surface area contributed by atoms with E-state index in [0.717, 1.165) is 37.7 Å². The molecular weight excluding hydrogens is 469 g/mol. The van der Waals surface area contributed by atoms with Crippen molar-refractivity contribution in [1.29, 1.82) is 0 Å². The van der Waals surface area contributed by atoms with E-state index in [9.17, 15) is 24.8 Å². The van der Waals surface area contributed by atoms with Crippen LogP contribution >= 0.6 is 7.37 Å². The maximum absolute atomic E-state index is 12.2. The SMILES string of the molecule is CCCCCCP(=O)(O)COc1ccc(CC(C)NCC(O)COc2ccc(O)c(CO)c2)cc1. The second-order valence-electron chi connectivity index (χ2n) is 8.97. The second kappa shape index (κ2) is 15.1. The number of benzene rings is 2. The van der Waals surface area contributed by atoms with Gasteiger partial charge in [0.2, 0.25) is 7.37 Å². The van der Waals surface area contributed by atoms with Gasteiger partial charge in [0, 0.05) is 24.3 Å². The molecule has 5 N–H and O–H groups in total. The van der Waals surface area contributed by atoms with E-state index in [0.29, 0.717) is 29.8 Å². The normalized spacial score (nSPS) is 14.8. The van der Waals surface area contributed by atoms with E-state index in [1.165, 1.54) is 6.07 Å². The molecule has 9 heteroatoms. The molecule has 0 aliphatic heterocycles. The smallest absolute Gasteiger partial charge is 0.236 e. The number of aliphatic hydroxyl groups excluding tert-OH is 2. The van der Waals surface area contributed by atoms with E-state index >= 15 is 0 Å². The number of aliphatic hydroxyl groups is 2. The lowest BCUT2D eigenvalue weighted by Crippen LogP contribution is -2.37. The van der Waals surface area contributed by atoms with Crippen LogP contribution in [0.15, 0.2) is 42.5 Å². The third kappa shape index (κ3) is 11.5. The molecule has 8 nitrogen and oxygen atoms in total. The maximum Gasteiger partial charge on any atom is 0.236 e. The summed E-state index contributed by atoms with van der Waals surface area (Å²) in [5.41, 5.74) is 1.45. The standard InChI is InChI=1S/C26H40NO7P/c1-3-4-5-6-13-35(31,32)19-34-24-9-7-21(8-10-24)14-20(2)27-16-23(29)18-33-25-11-12-26(30)22(15-25)17-28/h7-12,15,20,23,27-30H,3-6,13-14,16-19H2,1-2H3,(H,31,32). The van der Waals surface area contributed by atoms with Gasteiger partial charge in [0.05, 0.1) is 6.61 Å². The number of hydrogen-bond acceptors (Lipinski definition) is 7. The van der Waals surface area contributed by atoms with E-state index in [2.05, 4.69) is 12.2 Å². The monoisotopic (exact) mass is 509 g/mol. The van der Waals surface area contributed by atoms with Crippen molar-refractivity contribution in [2.75, 3.05) is 25.7 Å². The number of rotatable bonds is 17. The summed E-state index contributed by atoms with van der Waals surface area (Å²) in [6, 6.07) is 12.1. The van der Waals surface area contributed by atoms with E-state index in [-0.39, 0.29) is 31.4 Å². The molecule has 35 heavy (non-hydrogen) atoms. The van der Waals surface area contributed by atoms with Gasteiger partial charge in [-0.2, -0.15) is 0 Å². The van der Waals surface area contributed by atoms with Crippen molar-refractivity contribution in [3.8, 4) is 17.2 Å². The minimum Gasteiger partial charge on any atom is -0.508 e. The first-order chi connectivity index (χ1) is 16.7. The average molecular weight is 510 g/mol. The first-order valence-electron chi connectivity index (χ1n) is 12.2. The van der Waals surface area contributed by atoms with E-state index < -0.39 is 13.5 Å². The molecule has 0 heterocycles. The zero-order chi connectivity index (χ0) is 25.7. The van der Waals surface area contributed by atoms with Crippen LogP contribution in [0.5, 0.6) is 17.2 Å². The van der Waals surface area contributed by atoms with Gasteiger partial charge in [0.1, 0.15) is 30.0 Å². The summed E-state index contributed by atoms with van der Waals surface area (Å²) in [7, 11) is -3.27. The minimum atomic E-state index is -3.27. The summed E-state index contributed by atoms with van der Waals surface area (Å²) in [6.45, 7) is 4.26. The minimum absolute atomic E-state index is 0.00156. The summed E-state index contributed by atoms with van der Waals surface area (Å²) in [6.07, 6.45) is 4.03. The average Bonchev–Trinajstić information content (AvgIpc) is 2.84. The lowest BCUT2D eigenvalue weighted by Gasteiger charge is -2.18. The van der Waals surface area contributed by atoms with Gasteiger partial charge >= 0.3 is 0 Å². The number of nitrogens with one attached hydrogen (secondary N) is 1. The molecule has 0 aliphatic rings. The molecule has 2 aromatic rings. The summed E-state index contributed by atoms with van der Waals surface area (Å²) >= 11 is 0. The molecular formula is C26H40NO7P. The van der Waals surface area contributed by atoms with Crippen molar-refractivity contribution in [2.24, 2.45) is 0 Å². The highest BCUT2D eigenvalue weighted by Crippen LogP contribution is 2.41. The van der Waals surface area contributed by atoms with Crippen LogP contribution < -0.4 is 14.8 Å². The molecule has 0 radical (unpaired) electrons. The Labute approximate surface area is 208 Å². The van der Waals surface area contributed by atoms with Gasteiger partial charge in [-0.1, -0.05) is 38.3 Å². The fraction of sp³-hybridized carbons (Fsp3) is 0.538. The van der Waals surface area contributed by atoms with Gasteiger partial charge in [-0.15, -0.1) is 0 Å². The number of phenols is 1. The first-order valence-corrected chi connectivity index (χ1v) is 14.2. The zero-order valence-electron chi connectivity index (χ0n) is 20.7. The number of ether oxygens (including phenoxy) is 2. The molecule has 0 aromatic heterocycles. The van der Waals surface area contributed by atoms with Crippen LogP contribution in [0.3, 0.4) is 0 Å². The molecule has 0 aliphatic carbocycles. The Kier molecular flexibility index (Phi) is 12.6. The van der Waals surface area contributed by atoms with Gasteiger partial charge in [-0.05, 0) is 55.7 Å². The third-order valence-corrected chi connectivity index (χ3v) is 7.17. The predicted molar refractivity (Wildman–Crippen MR) is 137 cm³/mol. The highest BCUT2D eigenvalue weighted by Gasteiger charge is 2.18. The Hall–Kier alpha value is -2.09. The van der Waals surface area contributed by atoms with Crippen molar-refractivity contribution in [3.63, 3.8) is 0 Å². The molecule has 2 aromatic carbocycles. The fourth-order valence-corrected chi connectivity index (χ4v) is 4.74. The van der Waals surface area contributed by atoms with Crippen molar-refractivity contribution < 1.29 is 34.3 Å². The van der Waals surface area contributed by atoms with Crippen LogP contribution in [0.25, 0.3) is 0 Å². The number of unbranched alkanes of at least 4 members (excludes halogenated alkanes) is 3. The fourth-order valence-electron chi connectivity index (χ4n) is 3.54. The van der Waals surface area contributed by atoms with Crippen LogP contribution in [-0.4, -0.2) is 58.0 Å². The molecule has 196 valence electrons. The molecule has 0 spiro atoms. The molecule has 0 bridgehead atoms. The van der Waals surface area contributed by atoms with Gasteiger partial charge in [0.25, 0.3) is 0 Å². The van der Waals surface area contributed by atoms with Crippen LogP contribution in [0.4, 0.5) is 0 Å². The van der Waals surface area contributed by atoms with E-state index in [4.69, 9.17) is 9.47 Å². The van der Waals surface area contributed by atoms with E-state index in [1.807, 2.05) is 19.1 Å². The summed E-state index contributed by atoms with van der Waals surface area (Å²) in [4.78, 5) is 10.1. The maximum atomic E-state index is 12.2. The third-order valence-electron chi connectivity index (χ3n) is 5.62. The number of aromatic hydroxyl groups is 1. The molecule has 0 fully saturated rings. The molecule has 0 saturated heterocycles. The molecule has 0 amide bonds. The van der Waals surface area contributed by atoms with Gasteiger partial charge in [-0.25, -0.2) is 0 Å². The van der Waals surface area contributed by atoms with Crippen molar-refractivity contribution in [2.45, 2.75) is 64.7 Å². The highest BCUT2D eigenvalue weighted by molar-refractivity contribution is 7.57. The topological polar surface area (TPSA) is 128 Å². The highest BCUT2D eigenvalue weighted by atomic mass is 31.2. The largest absolute Gasteiger partial charge is 0.508 e. The lowest BCUT2D eigenvalue weighted by molar-refractivity contribution is 0.104. The predicted octanol–water partition coefficient (Wildman–Crippen LogP) is 4.03. The van der Waals surface area contributed by atoms with Gasteiger partial charge in [0.15, 0.2) is 6.35 Å². The zero-order valence-corrected chi connectivity index (χ0v) is 21.6. The Bertz CT molecular complexity index is 922. The molecule has 2 rings (SSSR count). The van der Waals surface area contributed by atoms with Gasteiger partial charge < -0.3 is 35.0 Å². The Morgan fingerprint density at radius 1 is 1.03 bits per heavy atom. The quantitative estimate of drug-likeness (QED) is 0.160. The number of hydrogen-bond donors (Lipinski definition) is 5. The van der Waals surface area contributed by atoms with Crippen molar-refractivity contribution >= 4 is 7.37 Å².